The fourth-order valence-electron chi connectivity index (χ4n) is 3.19. The third-order valence-corrected chi connectivity index (χ3v) is 6.15. The maximum absolute atomic E-state index is 12.7. The Morgan fingerprint density at radius 2 is 2.13 bits per heavy atom. The van der Waals surface area contributed by atoms with Crippen LogP contribution in [0.1, 0.15) is 29.1 Å². The molecule has 1 atom stereocenters. The van der Waals surface area contributed by atoms with Gasteiger partial charge in [0, 0.05) is 30.0 Å². The van der Waals surface area contributed by atoms with E-state index in [4.69, 9.17) is 4.42 Å². The summed E-state index contributed by atoms with van der Waals surface area (Å²) in [5.41, 5.74) is 0.578. The van der Waals surface area contributed by atoms with Gasteiger partial charge in [-0.2, -0.15) is 0 Å². The third kappa shape index (κ3) is 4.92. The first-order chi connectivity index (χ1) is 14.6. The van der Waals surface area contributed by atoms with E-state index >= 15 is 0 Å². The highest BCUT2D eigenvalue weighted by Crippen LogP contribution is 2.22. The molecule has 4 rings (SSSR count). The SMILES string of the molecule is O=C(Nc1nc(CC(=O)N2CCCC(C(=O)Nc3nccs3)C2)cs1)c1ccco1. The number of rotatable bonds is 6. The van der Waals surface area contributed by atoms with Crippen molar-refractivity contribution < 1.29 is 18.8 Å². The molecule has 30 heavy (non-hydrogen) atoms. The summed E-state index contributed by atoms with van der Waals surface area (Å²) in [4.78, 5) is 47.3. The van der Waals surface area contributed by atoms with Crippen molar-refractivity contribution in [1.82, 2.24) is 14.9 Å². The quantitative estimate of drug-likeness (QED) is 0.602. The fraction of sp³-hybridized carbons (Fsp3) is 0.316. The molecule has 1 aliphatic rings. The zero-order valence-electron chi connectivity index (χ0n) is 15.9. The van der Waals surface area contributed by atoms with Crippen LogP contribution in [0.2, 0.25) is 0 Å². The van der Waals surface area contributed by atoms with Crippen LogP contribution in [0.15, 0.2) is 39.8 Å². The second-order valence-electron chi connectivity index (χ2n) is 6.76. The molecule has 4 heterocycles. The number of nitrogens with one attached hydrogen (secondary N) is 2. The summed E-state index contributed by atoms with van der Waals surface area (Å²) >= 11 is 2.61. The number of anilines is 2. The van der Waals surface area contributed by atoms with Crippen molar-refractivity contribution in [3.05, 3.63) is 46.8 Å². The van der Waals surface area contributed by atoms with Crippen LogP contribution in [-0.2, 0) is 16.0 Å². The average molecular weight is 446 g/mol. The molecule has 156 valence electrons. The van der Waals surface area contributed by atoms with Crippen molar-refractivity contribution in [1.29, 1.82) is 0 Å². The minimum atomic E-state index is -0.391. The van der Waals surface area contributed by atoms with Gasteiger partial charge in [0.1, 0.15) is 0 Å². The minimum Gasteiger partial charge on any atom is -0.459 e. The monoisotopic (exact) mass is 445 g/mol. The van der Waals surface area contributed by atoms with Crippen LogP contribution in [-0.4, -0.2) is 45.7 Å². The number of carbonyl (C=O) groups excluding carboxylic acids is 3. The molecular formula is C19H19N5O4S2. The number of hydrogen-bond acceptors (Lipinski definition) is 8. The highest BCUT2D eigenvalue weighted by Gasteiger charge is 2.29. The van der Waals surface area contributed by atoms with Crippen molar-refractivity contribution >= 4 is 50.7 Å². The molecule has 2 N–H and O–H groups in total. The molecule has 0 aromatic carbocycles. The molecule has 0 saturated carbocycles. The second-order valence-corrected chi connectivity index (χ2v) is 8.51. The molecule has 1 fully saturated rings. The van der Waals surface area contributed by atoms with Crippen LogP contribution in [0.3, 0.4) is 0 Å². The normalized spacial score (nSPS) is 16.3. The zero-order valence-corrected chi connectivity index (χ0v) is 17.5. The van der Waals surface area contributed by atoms with E-state index in [1.807, 2.05) is 0 Å². The number of thiazole rings is 2. The van der Waals surface area contributed by atoms with Gasteiger partial charge in [-0.25, -0.2) is 9.97 Å². The van der Waals surface area contributed by atoms with Gasteiger partial charge in [0.2, 0.25) is 11.8 Å². The standard InChI is InChI=1S/C19H19N5O4S2/c25-15(9-13-11-30-19(21-13)23-17(27)14-4-2-7-28-14)24-6-1-3-12(10-24)16(26)22-18-20-5-8-29-18/h2,4-5,7-8,11-12H,1,3,6,9-10H2,(H,20,22,26)(H,21,23,27). The summed E-state index contributed by atoms with van der Waals surface area (Å²) in [6.07, 6.45) is 4.68. The minimum absolute atomic E-state index is 0.0871. The molecule has 11 heteroatoms. The van der Waals surface area contributed by atoms with Crippen LogP contribution < -0.4 is 10.6 Å². The third-order valence-electron chi connectivity index (χ3n) is 4.66. The second kappa shape index (κ2) is 9.18. The molecule has 9 nitrogen and oxygen atoms in total. The number of carbonyl (C=O) groups is 3. The molecule has 1 saturated heterocycles. The van der Waals surface area contributed by atoms with E-state index in [0.717, 1.165) is 12.8 Å². The molecule has 3 amide bonds. The summed E-state index contributed by atoms with van der Waals surface area (Å²) in [6, 6.07) is 3.19. The van der Waals surface area contributed by atoms with Crippen LogP contribution in [0, 0.1) is 5.92 Å². The lowest BCUT2D eigenvalue weighted by atomic mass is 9.97. The van der Waals surface area contributed by atoms with Gasteiger partial charge in [0.15, 0.2) is 16.0 Å². The van der Waals surface area contributed by atoms with E-state index < -0.39 is 5.91 Å². The Labute approximate surface area is 180 Å². The Kier molecular flexibility index (Phi) is 6.19. The molecule has 1 aliphatic heterocycles. The van der Waals surface area contributed by atoms with E-state index in [1.165, 1.54) is 28.9 Å². The lowest BCUT2D eigenvalue weighted by molar-refractivity contribution is -0.134. The smallest absolute Gasteiger partial charge is 0.293 e. The van der Waals surface area contributed by atoms with E-state index in [9.17, 15) is 14.4 Å². The average Bonchev–Trinajstić information content (AvgIpc) is 3.51. The maximum atomic E-state index is 12.7. The summed E-state index contributed by atoms with van der Waals surface area (Å²) < 4.78 is 5.05. The summed E-state index contributed by atoms with van der Waals surface area (Å²) in [5, 5.41) is 9.96. The number of furan rings is 1. The molecule has 3 aromatic rings. The van der Waals surface area contributed by atoms with Gasteiger partial charge < -0.3 is 14.6 Å². The highest BCUT2D eigenvalue weighted by atomic mass is 32.1. The van der Waals surface area contributed by atoms with Gasteiger partial charge in [-0.3, -0.25) is 19.7 Å². The molecule has 0 radical (unpaired) electrons. The Bertz CT molecular complexity index is 1020. The molecule has 0 aliphatic carbocycles. The predicted octanol–water partition coefficient (Wildman–Crippen LogP) is 2.86. The first-order valence-electron chi connectivity index (χ1n) is 9.36. The van der Waals surface area contributed by atoms with Gasteiger partial charge >= 0.3 is 0 Å². The van der Waals surface area contributed by atoms with Crippen LogP contribution in [0.4, 0.5) is 10.3 Å². The number of likely N-dealkylation sites (tertiary alicyclic amines) is 1. The van der Waals surface area contributed by atoms with Crippen molar-refractivity contribution in [2.45, 2.75) is 19.3 Å². The number of amides is 3. The van der Waals surface area contributed by atoms with Gasteiger partial charge in [0.05, 0.1) is 24.3 Å². The van der Waals surface area contributed by atoms with E-state index in [-0.39, 0.29) is 29.9 Å². The van der Waals surface area contributed by atoms with Crippen LogP contribution in [0.25, 0.3) is 0 Å². The molecule has 1 unspecified atom stereocenters. The van der Waals surface area contributed by atoms with Crippen molar-refractivity contribution in [3.8, 4) is 0 Å². The Morgan fingerprint density at radius 3 is 2.90 bits per heavy atom. The maximum Gasteiger partial charge on any atom is 0.293 e. The molecule has 0 bridgehead atoms. The van der Waals surface area contributed by atoms with Crippen LogP contribution >= 0.6 is 22.7 Å². The lowest BCUT2D eigenvalue weighted by Crippen LogP contribution is -2.44. The van der Waals surface area contributed by atoms with E-state index in [0.29, 0.717) is 29.0 Å². The first kappa shape index (κ1) is 20.2. The number of hydrogen-bond donors (Lipinski definition) is 2. The van der Waals surface area contributed by atoms with E-state index in [1.54, 1.807) is 34.0 Å². The van der Waals surface area contributed by atoms with Crippen molar-refractivity contribution in [2.75, 3.05) is 23.7 Å². The lowest BCUT2D eigenvalue weighted by Gasteiger charge is -2.31. The highest BCUT2D eigenvalue weighted by molar-refractivity contribution is 7.14. The fourth-order valence-corrected chi connectivity index (χ4v) is 4.43. The topological polar surface area (TPSA) is 117 Å². The summed E-state index contributed by atoms with van der Waals surface area (Å²) in [7, 11) is 0. The Morgan fingerprint density at radius 1 is 1.23 bits per heavy atom. The van der Waals surface area contributed by atoms with Gasteiger partial charge in [0.25, 0.3) is 5.91 Å². The van der Waals surface area contributed by atoms with Crippen LogP contribution in [0.5, 0.6) is 0 Å². The molecule has 3 aromatic heterocycles. The van der Waals surface area contributed by atoms with Gasteiger partial charge in [-0.05, 0) is 25.0 Å². The van der Waals surface area contributed by atoms with Gasteiger partial charge in [-0.1, -0.05) is 0 Å². The number of aromatic nitrogens is 2. The molecule has 0 spiro atoms. The number of piperidine rings is 1. The Balaban J connectivity index is 1.30. The van der Waals surface area contributed by atoms with Crippen molar-refractivity contribution in [3.63, 3.8) is 0 Å². The summed E-state index contributed by atoms with van der Waals surface area (Å²) in [5.74, 6) is -0.657. The molecular weight excluding hydrogens is 426 g/mol. The Hall–Kier alpha value is -3.05. The van der Waals surface area contributed by atoms with Crippen molar-refractivity contribution in [2.24, 2.45) is 5.92 Å². The zero-order chi connectivity index (χ0) is 20.9. The first-order valence-corrected chi connectivity index (χ1v) is 11.1. The largest absolute Gasteiger partial charge is 0.459 e. The summed E-state index contributed by atoms with van der Waals surface area (Å²) in [6.45, 7) is 0.994. The number of nitrogens with zero attached hydrogens (tertiary/aromatic N) is 3. The predicted molar refractivity (Wildman–Crippen MR) is 113 cm³/mol. The van der Waals surface area contributed by atoms with E-state index in [2.05, 4.69) is 20.6 Å². The van der Waals surface area contributed by atoms with Gasteiger partial charge in [-0.15, -0.1) is 22.7 Å².